The van der Waals surface area contributed by atoms with Crippen molar-refractivity contribution >= 4 is 23.7 Å². The normalized spacial score (nSPS) is 11.3. The fourth-order valence-electron chi connectivity index (χ4n) is 4.62. The second kappa shape index (κ2) is 13.3. The Balaban J connectivity index is 1.43. The van der Waals surface area contributed by atoms with Gasteiger partial charge in [0.05, 0.1) is 66.2 Å². The Morgan fingerprint density at radius 3 is 1.33 bits per heavy atom. The first kappa shape index (κ1) is 31.0. The predicted molar refractivity (Wildman–Crippen MR) is 169 cm³/mol. The number of benzene rings is 2. The quantitative estimate of drug-likeness (QED) is 0.151. The molecular formula is C35H36N4O4. The number of ether oxygens (including phenoxy) is 2. The van der Waals surface area contributed by atoms with Crippen molar-refractivity contribution < 1.29 is 19.1 Å². The number of ketones is 2. The highest BCUT2D eigenvalue weighted by Gasteiger charge is 2.15. The van der Waals surface area contributed by atoms with Gasteiger partial charge >= 0.3 is 0 Å². The second-order valence-corrected chi connectivity index (χ2v) is 10.4. The van der Waals surface area contributed by atoms with Crippen LogP contribution in [0.2, 0.25) is 0 Å². The van der Waals surface area contributed by atoms with E-state index in [0.717, 1.165) is 67.8 Å². The minimum Gasteiger partial charge on any atom is -0.496 e. The third kappa shape index (κ3) is 7.27. The van der Waals surface area contributed by atoms with Gasteiger partial charge < -0.3 is 9.47 Å². The van der Waals surface area contributed by atoms with Crippen LogP contribution in [-0.2, 0) is 9.59 Å². The summed E-state index contributed by atoms with van der Waals surface area (Å²) in [5, 5.41) is 0. The van der Waals surface area contributed by atoms with E-state index in [4.69, 9.17) is 19.4 Å². The average Bonchev–Trinajstić information content (AvgIpc) is 2.98. The maximum Gasteiger partial charge on any atom is 0.163 e. The maximum atomic E-state index is 12.6. The van der Waals surface area contributed by atoms with Gasteiger partial charge in [-0.2, -0.15) is 0 Å². The van der Waals surface area contributed by atoms with Gasteiger partial charge in [0.25, 0.3) is 0 Å². The van der Waals surface area contributed by atoms with Crippen LogP contribution >= 0.6 is 0 Å². The van der Waals surface area contributed by atoms with Gasteiger partial charge in [0.15, 0.2) is 11.6 Å². The van der Waals surface area contributed by atoms with Gasteiger partial charge in [-0.1, -0.05) is 24.3 Å². The molecule has 4 rings (SSSR count). The van der Waals surface area contributed by atoms with E-state index >= 15 is 0 Å². The zero-order valence-corrected chi connectivity index (χ0v) is 25.9. The molecule has 2 heterocycles. The van der Waals surface area contributed by atoms with Crippen LogP contribution in [0.5, 0.6) is 11.5 Å². The van der Waals surface area contributed by atoms with Crippen molar-refractivity contribution in [2.24, 2.45) is 0 Å². The van der Waals surface area contributed by atoms with Crippen molar-refractivity contribution in [3.8, 4) is 34.0 Å². The van der Waals surface area contributed by atoms with Crippen LogP contribution < -0.4 is 9.47 Å². The standard InChI is InChI=1S/C35H36N4O4/c1-20-22(3)38-34(24(5)36-20)30-15-11-26(17-32(30)42-7)9-13-28(40)19-29(41)14-10-27-12-16-31(33(18-27)43-8)35-25(6)37-21(2)23(4)39-35/h9-18H,19H2,1-8H3. The lowest BCUT2D eigenvalue weighted by atomic mass is 10.0. The summed E-state index contributed by atoms with van der Waals surface area (Å²) in [6.07, 6.45) is 5.92. The molecule has 2 aromatic carbocycles. The lowest BCUT2D eigenvalue weighted by molar-refractivity contribution is -0.121. The Morgan fingerprint density at radius 2 is 0.953 bits per heavy atom. The van der Waals surface area contributed by atoms with E-state index < -0.39 is 0 Å². The van der Waals surface area contributed by atoms with Gasteiger partial charge in [-0.25, -0.2) is 9.97 Å². The zero-order chi connectivity index (χ0) is 31.3. The number of allylic oxidation sites excluding steroid dienone is 2. The smallest absolute Gasteiger partial charge is 0.163 e. The molecule has 220 valence electrons. The van der Waals surface area contributed by atoms with Gasteiger partial charge in [-0.05, 0) is 89.1 Å². The monoisotopic (exact) mass is 576 g/mol. The molecular weight excluding hydrogens is 540 g/mol. The molecule has 0 radical (unpaired) electrons. The number of nitrogens with zero attached hydrogens (tertiary/aromatic N) is 4. The lowest BCUT2D eigenvalue weighted by Crippen LogP contribution is -2.02. The Labute approximate surface area is 252 Å². The molecule has 0 saturated carbocycles. The maximum absolute atomic E-state index is 12.6. The number of rotatable bonds is 10. The highest BCUT2D eigenvalue weighted by Crippen LogP contribution is 2.33. The molecule has 0 fully saturated rings. The molecule has 0 aliphatic heterocycles. The molecule has 8 heteroatoms. The highest BCUT2D eigenvalue weighted by molar-refractivity contribution is 6.11. The number of hydrogen-bond donors (Lipinski definition) is 0. The fourth-order valence-corrected chi connectivity index (χ4v) is 4.62. The molecule has 0 N–H and O–H groups in total. The molecule has 0 spiro atoms. The largest absolute Gasteiger partial charge is 0.496 e. The third-order valence-corrected chi connectivity index (χ3v) is 7.20. The minimum absolute atomic E-state index is 0.244. The van der Waals surface area contributed by atoms with Crippen LogP contribution in [0.15, 0.2) is 48.6 Å². The molecule has 0 aliphatic carbocycles. The van der Waals surface area contributed by atoms with Crippen LogP contribution in [0, 0.1) is 41.5 Å². The number of aryl methyl sites for hydroxylation is 6. The Bertz CT molecular complexity index is 1640. The van der Waals surface area contributed by atoms with Crippen LogP contribution in [0.3, 0.4) is 0 Å². The molecule has 0 amide bonds. The number of hydrogen-bond acceptors (Lipinski definition) is 8. The number of carbonyl (C=O) groups is 2. The number of methoxy groups -OCH3 is 2. The lowest BCUT2D eigenvalue weighted by Gasteiger charge is -2.12. The highest BCUT2D eigenvalue weighted by atomic mass is 16.5. The van der Waals surface area contributed by atoms with Crippen molar-refractivity contribution in [2.45, 2.75) is 48.0 Å². The molecule has 0 saturated heterocycles. The minimum atomic E-state index is -0.301. The molecule has 2 aromatic heterocycles. The molecule has 4 aromatic rings. The molecule has 0 bridgehead atoms. The van der Waals surface area contributed by atoms with Gasteiger partial charge in [0.1, 0.15) is 11.5 Å². The molecule has 0 aliphatic rings. The van der Waals surface area contributed by atoms with Crippen molar-refractivity contribution in [1.29, 1.82) is 0 Å². The first-order valence-electron chi connectivity index (χ1n) is 13.9. The van der Waals surface area contributed by atoms with Crippen LogP contribution in [0.25, 0.3) is 34.7 Å². The second-order valence-electron chi connectivity index (χ2n) is 10.4. The van der Waals surface area contributed by atoms with E-state index in [1.807, 2.05) is 77.9 Å². The predicted octanol–water partition coefficient (Wildman–Crippen LogP) is 6.72. The molecule has 0 atom stereocenters. The summed E-state index contributed by atoms with van der Waals surface area (Å²) in [5.74, 6) is 0.640. The third-order valence-electron chi connectivity index (χ3n) is 7.20. The van der Waals surface area contributed by atoms with Crippen molar-refractivity contribution in [2.75, 3.05) is 14.2 Å². The van der Waals surface area contributed by atoms with Gasteiger partial charge in [-0.3, -0.25) is 19.6 Å². The molecule has 43 heavy (non-hydrogen) atoms. The SMILES string of the molecule is COc1cc(C=CC(=O)CC(=O)C=Cc2ccc(-c3nc(C)c(C)nc3C)c(OC)c2)ccc1-c1nc(C)c(C)nc1C. The summed E-state index contributed by atoms with van der Waals surface area (Å²) in [4.78, 5) is 43.7. The van der Waals surface area contributed by atoms with E-state index in [2.05, 4.69) is 9.97 Å². The Morgan fingerprint density at radius 1 is 0.581 bits per heavy atom. The summed E-state index contributed by atoms with van der Waals surface area (Å²) in [7, 11) is 3.18. The number of aromatic nitrogens is 4. The average molecular weight is 577 g/mol. The summed E-state index contributed by atoms with van der Waals surface area (Å²) >= 11 is 0. The first-order valence-corrected chi connectivity index (χ1v) is 13.9. The van der Waals surface area contributed by atoms with Gasteiger partial charge in [-0.15, -0.1) is 0 Å². The van der Waals surface area contributed by atoms with E-state index in [-0.39, 0.29) is 18.0 Å². The number of carbonyl (C=O) groups excluding carboxylic acids is 2. The van der Waals surface area contributed by atoms with Crippen LogP contribution in [0.4, 0.5) is 0 Å². The summed E-state index contributed by atoms with van der Waals surface area (Å²) < 4.78 is 11.2. The van der Waals surface area contributed by atoms with Crippen molar-refractivity contribution in [3.05, 3.63) is 93.8 Å². The van der Waals surface area contributed by atoms with E-state index in [1.165, 1.54) is 12.2 Å². The summed E-state index contributed by atoms with van der Waals surface area (Å²) in [6, 6.07) is 11.2. The van der Waals surface area contributed by atoms with Crippen LogP contribution in [0.1, 0.15) is 51.7 Å². The van der Waals surface area contributed by atoms with Gasteiger partial charge in [0, 0.05) is 11.1 Å². The Kier molecular flexibility index (Phi) is 9.60. The van der Waals surface area contributed by atoms with E-state index in [9.17, 15) is 9.59 Å². The summed E-state index contributed by atoms with van der Waals surface area (Å²) in [6.45, 7) is 11.5. The Hall–Kier alpha value is -4.98. The van der Waals surface area contributed by atoms with Gasteiger partial charge in [0.2, 0.25) is 0 Å². The van der Waals surface area contributed by atoms with E-state index in [0.29, 0.717) is 11.5 Å². The van der Waals surface area contributed by atoms with Crippen LogP contribution in [-0.4, -0.2) is 45.7 Å². The fraction of sp³-hybridized carbons (Fsp3) is 0.257. The zero-order valence-electron chi connectivity index (χ0n) is 25.9. The summed E-state index contributed by atoms with van der Waals surface area (Å²) in [5.41, 5.74) is 9.79. The van der Waals surface area contributed by atoms with E-state index in [1.54, 1.807) is 26.4 Å². The molecule has 8 nitrogen and oxygen atoms in total. The first-order chi connectivity index (χ1) is 20.5. The van der Waals surface area contributed by atoms with Crippen molar-refractivity contribution in [3.63, 3.8) is 0 Å². The topological polar surface area (TPSA) is 104 Å². The van der Waals surface area contributed by atoms with Crippen molar-refractivity contribution in [1.82, 2.24) is 19.9 Å². The molecule has 0 unspecified atom stereocenters.